The summed E-state index contributed by atoms with van der Waals surface area (Å²) in [6.07, 6.45) is 0. The fourth-order valence-electron chi connectivity index (χ4n) is 3.36. The van der Waals surface area contributed by atoms with Crippen molar-refractivity contribution in [2.45, 2.75) is 27.4 Å². The van der Waals surface area contributed by atoms with Crippen molar-refractivity contribution in [3.05, 3.63) is 110 Å². The largest absolute Gasteiger partial charge is 0.486 e. The number of nitrogens with zero attached hydrogens (tertiary/aromatic N) is 1. The number of non-ortho nitro benzene ring substituents is 1. The lowest BCUT2D eigenvalue weighted by Crippen LogP contribution is -2.11. The number of nitro benzene ring substituents is 1. The van der Waals surface area contributed by atoms with Gasteiger partial charge in [0, 0.05) is 17.2 Å². The number of aryl methyl sites for hydroxylation is 3. The number of furan rings is 1. The van der Waals surface area contributed by atoms with E-state index in [0.717, 1.165) is 16.7 Å². The van der Waals surface area contributed by atoms with Crippen LogP contribution in [-0.2, 0) is 6.61 Å². The number of halogens is 1. The van der Waals surface area contributed by atoms with Crippen molar-refractivity contribution in [1.29, 1.82) is 0 Å². The molecule has 1 aromatic heterocycles. The van der Waals surface area contributed by atoms with Gasteiger partial charge in [-0.15, -0.1) is 0 Å². The lowest BCUT2D eigenvalue weighted by Gasteiger charge is -2.10. The zero-order chi connectivity index (χ0) is 25.8. The summed E-state index contributed by atoms with van der Waals surface area (Å²) in [6, 6.07) is 18.0. The molecule has 0 saturated carbocycles. The van der Waals surface area contributed by atoms with Crippen molar-refractivity contribution in [1.82, 2.24) is 0 Å². The Hall–Kier alpha value is -4.30. The number of benzene rings is 3. The minimum atomic E-state index is -0.568. The Morgan fingerprint density at radius 2 is 1.67 bits per heavy atom. The molecule has 0 aliphatic carbocycles. The molecule has 0 saturated heterocycles. The van der Waals surface area contributed by atoms with Gasteiger partial charge in [0.2, 0.25) is 0 Å². The minimum absolute atomic E-state index is 0.0380. The molecule has 0 atom stereocenters. The van der Waals surface area contributed by atoms with Gasteiger partial charge in [-0.3, -0.25) is 14.9 Å². The highest BCUT2D eigenvalue weighted by molar-refractivity contribution is 6.31. The van der Waals surface area contributed by atoms with Gasteiger partial charge in [-0.2, -0.15) is 0 Å². The van der Waals surface area contributed by atoms with E-state index in [1.54, 1.807) is 24.3 Å². The van der Waals surface area contributed by atoms with Gasteiger partial charge in [-0.25, -0.2) is 0 Å². The molecular weight excluding hydrogens is 484 g/mol. The molecule has 3 aromatic carbocycles. The lowest BCUT2D eigenvalue weighted by molar-refractivity contribution is -0.384. The molecule has 9 heteroatoms. The van der Waals surface area contributed by atoms with E-state index >= 15 is 0 Å². The molecule has 1 heterocycles. The van der Waals surface area contributed by atoms with Gasteiger partial charge in [-0.1, -0.05) is 17.7 Å². The monoisotopic (exact) mass is 506 g/mol. The Morgan fingerprint density at radius 3 is 2.39 bits per heavy atom. The molecule has 0 fully saturated rings. The van der Waals surface area contributed by atoms with Gasteiger partial charge in [0.15, 0.2) is 5.76 Å². The van der Waals surface area contributed by atoms with Crippen molar-refractivity contribution in [3.8, 4) is 17.2 Å². The van der Waals surface area contributed by atoms with E-state index in [9.17, 15) is 14.9 Å². The summed E-state index contributed by atoms with van der Waals surface area (Å²) in [5, 5.41) is 14.6. The minimum Gasteiger partial charge on any atom is -0.486 e. The average Bonchev–Trinajstić information content (AvgIpc) is 3.31. The van der Waals surface area contributed by atoms with E-state index in [0.29, 0.717) is 22.3 Å². The second-order valence-corrected chi connectivity index (χ2v) is 8.65. The number of amides is 1. The first-order valence-electron chi connectivity index (χ1n) is 11.0. The van der Waals surface area contributed by atoms with Crippen LogP contribution >= 0.6 is 11.6 Å². The third-order valence-corrected chi connectivity index (χ3v) is 5.89. The van der Waals surface area contributed by atoms with Crippen molar-refractivity contribution >= 4 is 28.9 Å². The van der Waals surface area contributed by atoms with E-state index in [4.69, 9.17) is 25.5 Å². The highest BCUT2D eigenvalue weighted by Crippen LogP contribution is 2.31. The molecule has 0 unspecified atom stereocenters. The van der Waals surface area contributed by atoms with Crippen LogP contribution in [0.2, 0.25) is 5.02 Å². The van der Waals surface area contributed by atoms with Gasteiger partial charge < -0.3 is 19.2 Å². The van der Waals surface area contributed by atoms with E-state index in [1.807, 2.05) is 39.0 Å². The van der Waals surface area contributed by atoms with Gasteiger partial charge in [-0.05, 0) is 79.9 Å². The molecule has 1 N–H and O–H groups in total. The van der Waals surface area contributed by atoms with Crippen LogP contribution in [-0.4, -0.2) is 10.8 Å². The molecule has 0 spiro atoms. The molecule has 0 aliphatic rings. The molecule has 4 aromatic rings. The number of nitrogens with one attached hydrogen (secondary N) is 1. The highest BCUT2D eigenvalue weighted by Gasteiger charge is 2.16. The lowest BCUT2D eigenvalue weighted by atomic mass is 10.1. The first-order chi connectivity index (χ1) is 17.2. The average molecular weight is 507 g/mol. The number of ether oxygens (including phenoxy) is 2. The van der Waals surface area contributed by atoms with Crippen LogP contribution in [0.15, 0.2) is 71.1 Å². The Morgan fingerprint density at radius 1 is 0.917 bits per heavy atom. The summed E-state index contributed by atoms with van der Waals surface area (Å²) in [6.45, 7) is 5.98. The van der Waals surface area contributed by atoms with Crippen LogP contribution in [0.5, 0.6) is 17.2 Å². The topological polar surface area (TPSA) is 104 Å². The summed E-state index contributed by atoms with van der Waals surface area (Å²) >= 11 is 6.05. The maximum absolute atomic E-state index is 12.7. The number of anilines is 1. The van der Waals surface area contributed by atoms with E-state index in [2.05, 4.69) is 5.32 Å². The van der Waals surface area contributed by atoms with Gasteiger partial charge in [0.25, 0.3) is 11.6 Å². The smallest absolute Gasteiger partial charge is 0.291 e. The molecule has 0 aliphatic heterocycles. The summed E-state index contributed by atoms with van der Waals surface area (Å²) in [4.78, 5) is 23.6. The molecule has 1 amide bonds. The van der Waals surface area contributed by atoms with Crippen LogP contribution in [0.4, 0.5) is 11.4 Å². The van der Waals surface area contributed by atoms with Gasteiger partial charge in [0.1, 0.15) is 29.6 Å². The number of hydrogen-bond donors (Lipinski definition) is 1. The molecular formula is C27H23ClN2O6. The standard InChI is InChI=1S/C27H23ClN2O6/c1-16-4-5-21(10-17(16)2)34-15-23-7-9-26(36-23)27(31)29-19-12-20(30(32)33)14-24(13-19)35-22-6-8-25(28)18(3)11-22/h4-14H,15H2,1-3H3,(H,29,31). The zero-order valence-electron chi connectivity index (χ0n) is 19.8. The maximum atomic E-state index is 12.7. The quantitative estimate of drug-likeness (QED) is 0.197. The Kier molecular flexibility index (Phi) is 7.26. The Balaban J connectivity index is 1.46. The Bertz CT molecular complexity index is 1450. The van der Waals surface area contributed by atoms with Gasteiger partial charge in [0.05, 0.1) is 16.7 Å². The fourth-order valence-corrected chi connectivity index (χ4v) is 3.48. The van der Waals surface area contributed by atoms with E-state index < -0.39 is 10.8 Å². The van der Waals surface area contributed by atoms with Crippen molar-refractivity contribution < 1.29 is 23.6 Å². The number of nitro groups is 1. The molecule has 0 radical (unpaired) electrons. The van der Waals surface area contributed by atoms with Crippen molar-refractivity contribution in [2.75, 3.05) is 5.32 Å². The number of hydrogen-bond acceptors (Lipinski definition) is 6. The summed E-state index contributed by atoms with van der Waals surface area (Å²) in [7, 11) is 0. The van der Waals surface area contributed by atoms with E-state index in [-0.39, 0.29) is 29.5 Å². The predicted octanol–water partition coefficient (Wildman–Crippen LogP) is 7.39. The van der Waals surface area contributed by atoms with Gasteiger partial charge >= 0.3 is 0 Å². The van der Waals surface area contributed by atoms with Crippen LogP contribution in [0.1, 0.15) is 33.0 Å². The highest BCUT2D eigenvalue weighted by atomic mass is 35.5. The van der Waals surface area contributed by atoms with Crippen molar-refractivity contribution in [3.63, 3.8) is 0 Å². The zero-order valence-corrected chi connectivity index (χ0v) is 20.6. The number of rotatable bonds is 8. The molecule has 4 rings (SSSR count). The maximum Gasteiger partial charge on any atom is 0.291 e. The Labute approximate surface area is 212 Å². The van der Waals surface area contributed by atoms with Crippen LogP contribution < -0.4 is 14.8 Å². The number of carbonyl (C=O) groups is 1. The van der Waals surface area contributed by atoms with Crippen LogP contribution in [0.3, 0.4) is 0 Å². The molecule has 36 heavy (non-hydrogen) atoms. The first-order valence-corrected chi connectivity index (χ1v) is 11.4. The third kappa shape index (κ3) is 6.03. The predicted molar refractivity (Wildman–Crippen MR) is 136 cm³/mol. The first kappa shape index (κ1) is 24.8. The van der Waals surface area contributed by atoms with Crippen molar-refractivity contribution in [2.24, 2.45) is 0 Å². The fraction of sp³-hybridized carbons (Fsp3) is 0.148. The third-order valence-electron chi connectivity index (χ3n) is 5.47. The molecule has 8 nitrogen and oxygen atoms in total. The summed E-state index contributed by atoms with van der Waals surface area (Å²) in [5.41, 5.74) is 3.01. The number of carbonyl (C=O) groups excluding carboxylic acids is 1. The second-order valence-electron chi connectivity index (χ2n) is 8.24. The SMILES string of the molecule is Cc1ccc(OCc2ccc(C(=O)Nc3cc(Oc4ccc(Cl)c(C)c4)cc([N+](=O)[O-])c3)o2)cc1C. The summed E-state index contributed by atoms with van der Waals surface area (Å²) in [5.74, 6) is 1.26. The summed E-state index contributed by atoms with van der Waals surface area (Å²) < 4.78 is 17.1. The normalized spacial score (nSPS) is 10.7. The van der Waals surface area contributed by atoms with Crippen LogP contribution in [0, 0.1) is 30.9 Å². The second kappa shape index (κ2) is 10.5. The molecule has 184 valence electrons. The molecule has 0 bridgehead atoms. The van der Waals surface area contributed by atoms with Crippen LogP contribution in [0.25, 0.3) is 0 Å². The van der Waals surface area contributed by atoms with E-state index in [1.165, 1.54) is 24.3 Å².